The van der Waals surface area contributed by atoms with E-state index in [1.807, 2.05) is 37.3 Å². The van der Waals surface area contributed by atoms with Gasteiger partial charge in [0.05, 0.1) is 38.5 Å². The van der Waals surface area contributed by atoms with Crippen LogP contribution in [0.15, 0.2) is 72.3 Å². The molecule has 1 atom stereocenters. The largest absolute Gasteiger partial charge is 0.507 e. The molecular formula is C37H44N2O7. The van der Waals surface area contributed by atoms with Crippen molar-refractivity contribution in [2.75, 3.05) is 53.1 Å². The van der Waals surface area contributed by atoms with Gasteiger partial charge in [0.25, 0.3) is 11.7 Å². The lowest BCUT2D eigenvalue weighted by atomic mass is 9.95. The average Bonchev–Trinajstić information content (AvgIpc) is 3.34. The number of Topliss-reactive ketones (excluding diaryl/α,β-unsaturated/α-hetero) is 1. The number of methoxy groups -OCH3 is 1. The van der Waals surface area contributed by atoms with Crippen LogP contribution in [0, 0.1) is 6.92 Å². The fraction of sp³-hybridized carbons (Fsp3) is 0.405. The van der Waals surface area contributed by atoms with E-state index in [0.717, 1.165) is 43.5 Å². The first-order valence-electron chi connectivity index (χ1n) is 16.1. The third kappa shape index (κ3) is 7.89. The van der Waals surface area contributed by atoms with Crippen LogP contribution in [0.5, 0.6) is 17.2 Å². The lowest BCUT2D eigenvalue weighted by Crippen LogP contribution is -2.42. The van der Waals surface area contributed by atoms with E-state index in [4.69, 9.17) is 18.9 Å². The number of ether oxygens (including phenoxy) is 4. The van der Waals surface area contributed by atoms with Gasteiger partial charge in [-0.15, -0.1) is 0 Å². The molecule has 1 unspecified atom stereocenters. The van der Waals surface area contributed by atoms with Crippen LogP contribution in [-0.2, 0) is 20.9 Å². The number of carbonyl (C=O) groups excluding carboxylic acids is 2. The van der Waals surface area contributed by atoms with Gasteiger partial charge < -0.3 is 29.0 Å². The molecule has 3 aromatic rings. The van der Waals surface area contributed by atoms with Crippen molar-refractivity contribution >= 4 is 17.4 Å². The number of aliphatic hydroxyl groups is 1. The van der Waals surface area contributed by atoms with Crippen molar-refractivity contribution in [3.05, 3.63) is 94.6 Å². The highest BCUT2D eigenvalue weighted by Gasteiger charge is 2.46. The van der Waals surface area contributed by atoms with Crippen molar-refractivity contribution in [1.82, 2.24) is 9.80 Å². The first-order valence-corrected chi connectivity index (χ1v) is 16.1. The molecule has 0 radical (unpaired) electrons. The van der Waals surface area contributed by atoms with Gasteiger partial charge in [-0.3, -0.25) is 14.5 Å². The van der Waals surface area contributed by atoms with Crippen molar-refractivity contribution in [2.45, 2.75) is 45.8 Å². The van der Waals surface area contributed by atoms with E-state index in [1.165, 1.54) is 0 Å². The van der Waals surface area contributed by atoms with E-state index < -0.39 is 17.7 Å². The predicted octanol–water partition coefficient (Wildman–Crippen LogP) is 5.91. The van der Waals surface area contributed by atoms with Crippen LogP contribution in [-0.4, -0.2) is 79.7 Å². The number of aliphatic hydroxyl groups excluding tert-OH is 1. The molecule has 1 amide bonds. The standard InChI is InChI=1S/C37H44N2O7/c1-4-5-6-20-45-31-15-12-29(24-32(31)43-3)34-33(36(41)37(42)39(34)17-16-38-18-21-44-22-19-38)35(40)28-10-13-30(14-11-28)46-25-27-9-7-8-26(2)23-27/h7-15,23-24,34,40H,4-6,16-22,25H2,1-3H3/b35-33+. The summed E-state index contributed by atoms with van der Waals surface area (Å²) in [6, 6.07) is 19.6. The number of aryl methyl sites for hydroxylation is 1. The number of hydrogen-bond acceptors (Lipinski definition) is 8. The fourth-order valence-corrected chi connectivity index (χ4v) is 5.87. The van der Waals surface area contributed by atoms with Crippen LogP contribution in [0.3, 0.4) is 0 Å². The SMILES string of the molecule is CCCCCOc1ccc(C2/C(=C(\O)c3ccc(OCc4cccc(C)c4)cc3)C(=O)C(=O)N2CCN2CCOCC2)cc1OC. The van der Waals surface area contributed by atoms with Gasteiger partial charge in [0.15, 0.2) is 11.5 Å². The number of amides is 1. The molecule has 0 bridgehead atoms. The number of carbonyl (C=O) groups is 2. The summed E-state index contributed by atoms with van der Waals surface area (Å²) >= 11 is 0. The van der Waals surface area contributed by atoms with E-state index in [0.29, 0.717) is 67.9 Å². The van der Waals surface area contributed by atoms with Gasteiger partial charge in [-0.2, -0.15) is 0 Å². The average molecular weight is 629 g/mol. The molecule has 0 aliphatic carbocycles. The second-order valence-electron chi connectivity index (χ2n) is 11.7. The number of rotatable bonds is 14. The topological polar surface area (TPSA) is 97.8 Å². The van der Waals surface area contributed by atoms with E-state index >= 15 is 0 Å². The summed E-state index contributed by atoms with van der Waals surface area (Å²) in [5, 5.41) is 11.6. The Bertz CT molecular complexity index is 1530. The van der Waals surface area contributed by atoms with Crippen LogP contribution in [0.2, 0.25) is 0 Å². The Hall–Kier alpha value is -4.34. The lowest BCUT2D eigenvalue weighted by molar-refractivity contribution is -0.140. The van der Waals surface area contributed by atoms with Crippen molar-refractivity contribution in [3.63, 3.8) is 0 Å². The highest BCUT2D eigenvalue weighted by atomic mass is 16.5. The molecule has 3 aromatic carbocycles. The van der Waals surface area contributed by atoms with Crippen molar-refractivity contribution < 1.29 is 33.6 Å². The van der Waals surface area contributed by atoms with Crippen LogP contribution < -0.4 is 14.2 Å². The molecule has 46 heavy (non-hydrogen) atoms. The molecule has 2 aliphatic heterocycles. The molecule has 244 valence electrons. The Kier molecular flexibility index (Phi) is 11.3. The van der Waals surface area contributed by atoms with E-state index in [-0.39, 0.29) is 11.3 Å². The van der Waals surface area contributed by atoms with Crippen molar-refractivity contribution in [1.29, 1.82) is 0 Å². The monoisotopic (exact) mass is 628 g/mol. The normalized spacial score (nSPS) is 18.2. The minimum atomic E-state index is -0.804. The first-order chi connectivity index (χ1) is 22.4. The summed E-state index contributed by atoms with van der Waals surface area (Å²) in [5.41, 5.74) is 3.32. The summed E-state index contributed by atoms with van der Waals surface area (Å²) in [6.07, 6.45) is 3.09. The molecule has 1 N–H and O–H groups in total. The number of hydrogen-bond donors (Lipinski definition) is 1. The van der Waals surface area contributed by atoms with Crippen LogP contribution in [0.1, 0.15) is 54.5 Å². The van der Waals surface area contributed by atoms with Gasteiger partial charge in [-0.25, -0.2) is 0 Å². The van der Waals surface area contributed by atoms with E-state index in [9.17, 15) is 14.7 Å². The van der Waals surface area contributed by atoms with Crippen LogP contribution in [0.4, 0.5) is 0 Å². The van der Waals surface area contributed by atoms with Gasteiger partial charge in [0.1, 0.15) is 18.1 Å². The zero-order valence-corrected chi connectivity index (χ0v) is 27.0. The number of likely N-dealkylation sites (tertiary alicyclic amines) is 1. The minimum absolute atomic E-state index is 0.0408. The highest BCUT2D eigenvalue weighted by Crippen LogP contribution is 2.42. The second kappa shape index (κ2) is 15.8. The molecule has 0 saturated carbocycles. The molecule has 9 nitrogen and oxygen atoms in total. The lowest BCUT2D eigenvalue weighted by Gasteiger charge is -2.31. The Morgan fingerprint density at radius 3 is 2.43 bits per heavy atom. The number of unbranched alkanes of at least 4 members (excludes halogenated alkanes) is 2. The number of morpholine rings is 1. The third-order valence-electron chi connectivity index (χ3n) is 8.43. The molecule has 2 saturated heterocycles. The van der Waals surface area contributed by atoms with Crippen molar-refractivity contribution in [2.24, 2.45) is 0 Å². The quantitative estimate of drug-likeness (QED) is 0.102. The van der Waals surface area contributed by atoms with E-state index in [2.05, 4.69) is 17.9 Å². The van der Waals surface area contributed by atoms with Gasteiger partial charge in [0, 0.05) is 31.7 Å². The molecule has 2 heterocycles. The molecule has 5 rings (SSSR count). The first kappa shape index (κ1) is 33.0. The fourth-order valence-electron chi connectivity index (χ4n) is 5.87. The maximum atomic E-state index is 13.6. The zero-order chi connectivity index (χ0) is 32.5. The Morgan fingerprint density at radius 1 is 0.935 bits per heavy atom. The van der Waals surface area contributed by atoms with Crippen LogP contribution in [0.25, 0.3) is 5.76 Å². The third-order valence-corrected chi connectivity index (χ3v) is 8.43. The predicted molar refractivity (Wildman–Crippen MR) is 176 cm³/mol. The zero-order valence-electron chi connectivity index (χ0n) is 27.0. The number of benzene rings is 3. The highest BCUT2D eigenvalue weighted by molar-refractivity contribution is 6.46. The Balaban J connectivity index is 1.44. The summed E-state index contributed by atoms with van der Waals surface area (Å²) in [6.45, 7) is 8.80. The summed E-state index contributed by atoms with van der Waals surface area (Å²) < 4.78 is 23.1. The number of nitrogens with zero attached hydrogens (tertiary/aromatic N) is 2. The molecule has 2 fully saturated rings. The minimum Gasteiger partial charge on any atom is -0.507 e. The smallest absolute Gasteiger partial charge is 0.295 e. The van der Waals surface area contributed by atoms with Gasteiger partial charge in [-0.05, 0) is 60.9 Å². The molecule has 2 aliphatic rings. The summed E-state index contributed by atoms with van der Waals surface area (Å²) in [5.74, 6) is 0.123. The molecular weight excluding hydrogens is 584 g/mol. The summed E-state index contributed by atoms with van der Waals surface area (Å²) in [7, 11) is 1.57. The van der Waals surface area contributed by atoms with Crippen LogP contribution >= 0.6 is 0 Å². The summed E-state index contributed by atoms with van der Waals surface area (Å²) in [4.78, 5) is 30.9. The maximum Gasteiger partial charge on any atom is 0.295 e. The van der Waals surface area contributed by atoms with Gasteiger partial charge >= 0.3 is 0 Å². The van der Waals surface area contributed by atoms with Gasteiger partial charge in [-0.1, -0.05) is 55.7 Å². The maximum absolute atomic E-state index is 13.6. The molecule has 9 heteroatoms. The molecule has 0 spiro atoms. The van der Waals surface area contributed by atoms with Crippen molar-refractivity contribution in [3.8, 4) is 17.2 Å². The second-order valence-corrected chi connectivity index (χ2v) is 11.7. The number of ketones is 1. The Labute approximate surface area is 271 Å². The van der Waals surface area contributed by atoms with Gasteiger partial charge in [0.2, 0.25) is 0 Å². The Morgan fingerprint density at radius 2 is 1.72 bits per heavy atom. The van der Waals surface area contributed by atoms with E-state index in [1.54, 1.807) is 42.3 Å². The molecule has 0 aromatic heterocycles.